The summed E-state index contributed by atoms with van der Waals surface area (Å²) >= 11 is 3.61. The summed E-state index contributed by atoms with van der Waals surface area (Å²) in [6, 6.07) is 16.6. The van der Waals surface area contributed by atoms with Crippen molar-refractivity contribution in [1.82, 2.24) is 5.32 Å². The van der Waals surface area contributed by atoms with E-state index in [1.165, 1.54) is 11.1 Å². The highest BCUT2D eigenvalue weighted by Gasteiger charge is 2.17. The molecule has 2 nitrogen and oxygen atoms in total. The van der Waals surface area contributed by atoms with Crippen LogP contribution in [0.3, 0.4) is 0 Å². The molecule has 1 aliphatic heterocycles. The number of rotatable bonds is 3. The number of benzene rings is 2. The van der Waals surface area contributed by atoms with E-state index in [0.717, 1.165) is 29.7 Å². The minimum atomic E-state index is 0. The zero-order chi connectivity index (χ0) is 13.1. The zero-order valence-corrected chi connectivity index (χ0v) is 13.4. The van der Waals surface area contributed by atoms with Crippen LogP contribution in [0.5, 0.6) is 5.75 Å². The summed E-state index contributed by atoms with van der Waals surface area (Å²) in [6.45, 7) is 1.98. The van der Waals surface area contributed by atoms with Gasteiger partial charge in [-0.1, -0.05) is 36.4 Å². The SMILES string of the molecule is Brc1cc(-c2ccccc2)ccc1OC1CCNC1.Cl. The van der Waals surface area contributed by atoms with E-state index < -0.39 is 0 Å². The Labute approximate surface area is 134 Å². The molecule has 1 heterocycles. The first-order valence-corrected chi connectivity index (χ1v) is 7.34. The van der Waals surface area contributed by atoms with Crippen LogP contribution in [0, 0.1) is 0 Å². The molecule has 0 radical (unpaired) electrons. The summed E-state index contributed by atoms with van der Waals surface area (Å²) in [5, 5.41) is 3.31. The number of nitrogens with one attached hydrogen (secondary N) is 1. The second-order valence-electron chi connectivity index (χ2n) is 4.74. The van der Waals surface area contributed by atoms with Gasteiger partial charge >= 0.3 is 0 Å². The van der Waals surface area contributed by atoms with Crippen molar-refractivity contribution in [1.29, 1.82) is 0 Å². The van der Waals surface area contributed by atoms with Crippen LogP contribution in [0.4, 0.5) is 0 Å². The number of hydrogen-bond donors (Lipinski definition) is 1. The van der Waals surface area contributed by atoms with Gasteiger partial charge in [0.2, 0.25) is 0 Å². The molecule has 1 N–H and O–H groups in total. The lowest BCUT2D eigenvalue weighted by atomic mass is 10.1. The van der Waals surface area contributed by atoms with Gasteiger partial charge < -0.3 is 10.1 Å². The van der Waals surface area contributed by atoms with Crippen LogP contribution < -0.4 is 10.1 Å². The van der Waals surface area contributed by atoms with Gasteiger partial charge in [-0.3, -0.25) is 0 Å². The standard InChI is InChI=1S/C16H16BrNO.ClH/c17-15-10-13(12-4-2-1-3-5-12)6-7-16(15)19-14-8-9-18-11-14;/h1-7,10,14,18H,8-9,11H2;1H. The van der Waals surface area contributed by atoms with Crippen LogP contribution in [0.2, 0.25) is 0 Å². The zero-order valence-electron chi connectivity index (χ0n) is 11.0. The van der Waals surface area contributed by atoms with Gasteiger partial charge in [-0.25, -0.2) is 0 Å². The highest BCUT2D eigenvalue weighted by atomic mass is 79.9. The Morgan fingerprint density at radius 3 is 2.50 bits per heavy atom. The third-order valence-corrected chi connectivity index (χ3v) is 3.97. The van der Waals surface area contributed by atoms with Gasteiger partial charge in [-0.05, 0) is 52.2 Å². The Morgan fingerprint density at radius 1 is 1.05 bits per heavy atom. The molecule has 0 bridgehead atoms. The van der Waals surface area contributed by atoms with Gasteiger partial charge in [-0.15, -0.1) is 12.4 Å². The summed E-state index contributed by atoms with van der Waals surface area (Å²) in [4.78, 5) is 0. The average Bonchev–Trinajstić information content (AvgIpc) is 2.95. The Kier molecular flexibility index (Phi) is 5.46. The van der Waals surface area contributed by atoms with Crippen LogP contribution in [0.15, 0.2) is 53.0 Å². The Balaban J connectivity index is 0.00000147. The van der Waals surface area contributed by atoms with Crippen LogP contribution in [0.1, 0.15) is 6.42 Å². The molecular formula is C16H17BrClNO. The van der Waals surface area contributed by atoms with Crippen molar-refractivity contribution in [3.05, 3.63) is 53.0 Å². The Morgan fingerprint density at radius 2 is 1.85 bits per heavy atom. The Bertz CT molecular complexity index is 556. The summed E-state index contributed by atoms with van der Waals surface area (Å²) in [6.07, 6.45) is 1.37. The third-order valence-electron chi connectivity index (χ3n) is 3.35. The molecule has 0 aromatic heterocycles. The van der Waals surface area contributed by atoms with E-state index in [4.69, 9.17) is 4.74 Å². The summed E-state index contributed by atoms with van der Waals surface area (Å²) in [7, 11) is 0. The molecule has 2 aromatic carbocycles. The fourth-order valence-electron chi connectivity index (χ4n) is 2.31. The smallest absolute Gasteiger partial charge is 0.134 e. The lowest BCUT2D eigenvalue weighted by molar-refractivity contribution is 0.221. The maximum atomic E-state index is 5.99. The van der Waals surface area contributed by atoms with Crippen molar-refractivity contribution in [2.75, 3.05) is 13.1 Å². The van der Waals surface area contributed by atoms with Gasteiger partial charge in [0, 0.05) is 6.54 Å². The van der Waals surface area contributed by atoms with E-state index in [9.17, 15) is 0 Å². The molecule has 1 atom stereocenters. The number of halogens is 2. The van der Waals surface area contributed by atoms with Gasteiger partial charge in [-0.2, -0.15) is 0 Å². The van der Waals surface area contributed by atoms with Crippen LogP contribution in [0.25, 0.3) is 11.1 Å². The van der Waals surface area contributed by atoms with E-state index in [2.05, 4.69) is 57.6 Å². The second-order valence-corrected chi connectivity index (χ2v) is 5.60. The number of hydrogen-bond acceptors (Lipinski definition) is 2. The predicted molar refractivity (Wildman–Crippen MR) is 88.7 cm³/mol. The normalized spacial score (nSPS) is 17.6. The number of ether oxygens (including phenoxy) is 1. The second kappa shape index (κ2) is 7.11. The van der Waals surface area contributed by atoms with Crippen molar-refractivity contribution in [3.63, 3.8) is 0 Å². The van der Waals surface area contributed by atoms with Gasteiger partial charge in [0.1, 0.15) is 11.9 Å². The van der Waals surface area contributed by atoms with Crippen molar-refractivity contribution in [2.45, 2.75) is 12.5 Å². The van der Waals surface area contributed by atoms with Crippen LogP contribution in [-0.4, -0.2) is 19.2 Å². The van der Waals surface area contributed by atoms with Gasteiger partial charge in [0.25, 0.3) is 0 Å². The summed E-state index contributed by atoms with van der Waals surface area (Å²) < 4.78 is 7.00. The molecule has 106 valence electrons. The molecule has 1 fully saturated rings. The summed E-state index contributed by atoms with van der Waals surface area (Å²) in [5.41, 5.74) is 2.42. The van der Waals surface area contributed by atoms with Crippen molar-refractivity contribution in [3.8, 4) is 16.9 Å². The first-order chi connectivity index (χ1) is 9.33. The van der Waals surface area contributed by atoms with Crippen LogP contribution in [-0.2, 0) is 0 Å². The quantitative estimate of drug-likeness (QED) is 0.888. The largest absolute Gasteiger partial charge is 0.488 e. The van der Waals surface area contributed by atoms with Crippen molar-refractivity contribution < 1.29 is 4.74 Å². The third kappa shape index (κ3) is 3.54. The lowest BCUT2D eigenvalue weighted by Gasteiger charge is -2.14. The lowest BCUT2D eigenvalue weighted by Crippen LogP contribution is -2.19. The molecule has 0 aliphatic carbocycles. The molecule has 0 saturated carbocycles. The maximum Gasteiger partial charge on any atom is 0.134 e. The molecule has 4 heteroatoms. The molecule has 0 amide bonds. The van der Waals surface area contributed by atoms with Crippen molar-refractivity contribution in [2.24, 2.45) is 0 Å². The minimum Gasteiger partial charge on any atom is -0.488 e. The van der Waals surface area contributed by atoms with Gasteiger partial charge in [0.05, 0.1) is 4.47 Å². The first kappa shape index (κ1) is 15.4. The van der Waals surface area contributed by atoms with Crippen LogP contribution >= 0.6 is 28.3 Å². The first-order valence-electron chi connectivity index (χ1n) is 6.55. The predicted octanol–water partition coefficient (Wildman–Crippen LogP) is 4.28. The van der Waals surface area contributed by atoms with E-state index in [0.29, 0.717) is 6.10 Å². The molecular weight excluding hydrogens is 338 g/mol. The van der Waals surface area contributed by atoms with E-state index >= 15 is 0 Å². The molecule has 20 heavy (non-hydrogen) atoms. The Hall–Kier alpha value is -1.03. The molecule has 2 aromatic rings. The van der Waals surface area contributed by atoms with Gasteiger partial charge in [0.15, 0.2) is 0 Å². The molecule has 3 rings (SSSR count). The van der Waals surface area contributed by atoms with E-state index in [1.54, 1.807) is 0 Å². The van der Waals surface area contributed by atoms with E-state index in [1.807, 2.05) is 12.1 Å². The maximum absolute atomic E-state index is 5.99. The average molecular weight is 355 g/mol. The topological polar surface area (TPSA) is 21.3 Å². The monoisotopic (exact) mass is 353 g/mol. The fraction of sp³-hybridized carbons (Fsp3) is 0.250. The van der Waals surface area contributed by atoms with Crippen molar-refractivity contribution >= 4 is 28.3 Å². The molecule has 0 spiro atoms. The highest BCUT2D eigenvalue weighted by molar-refractivity contribution is 9.10. The summed E-state index contributed by atoms with van der Waals surface area (Å²) in [5.74, 6) is 0.924. The van der Waals surface area contributed by atoms with E-state index in [-0.39, 0.29) is 12.4 Å². The minimum absolute atomic E-state index is 0. The molecule has 1 aliphatic rings. The molecule has 1 unspecified atom stereocenters. The molecule has 1 saturated heterocycles. The fourth-order valence-corrected chi connectivity index (χ4v) is 2.79. The highest BCUT2D eigenvalue weighted by Crippen LogP contribution is 2.31.